The molecule has 0 saturated carbocycles. The van der Waals surface area contributed by atoms with Crippen LogP contribution >= 0.6 is 0 Å². The molecule has 19 heavy (non-hydrogen) atoms. The first-order valence-electron chi connectivity index (χ1n) is 6.74. The highest BCUT2D eigenvalue weighted by atomic mass is 16.5. The van der Waals surface area contributed by atoms with Crippen LogP contribution in [0.2, 0.25) is 0 Å². The van der Waals surface area contributed by atoms with E-state index >= 15 is 0 Å². The van der Waals surface area contributed by atoms with Crippen LogP contribution in [0.15, 0.2) is 24.3 Å². The van der Waals surface area contributed by atoms with Crippen molar-refractivity contribution in [1.29, 1.82) is 0 Å². The average molecular weight is 257 g/mol. The topological polar surface area (TPSA) is 38.3 Å². The molecule has 1 aliphatic heterocycles. The van der Waals surface area contributed by atoms with Crippen molar-refractivity contribution in [2.75, 3.05) is 6.61 Å². The first-order chi connectivity index (χ1) is 9.26. The molecular formula is C16H19NO2. The van der Waals surface area contributed by atoms with Crippen molar-refractivity contribution < 1.29 is 9.53 Å². The van der Waals surface area contributed by atoms with Gasteiger partial charge in [-0.1, -0.05) is 37.5 Å². The van der Waals surface area contributed by atoms with E-state index in [1.54, 1.807) is 0 Å². The minimum absolute atomic E-state index is 0.00662. The number of hydrogen-bond donors (Lipinski definition) is 1. The molecule has 1 heterocycles. The summed E-state index contributed by atoms with van der Waals surface area (Å²) >= 11 is 0. The fraction of sp³-hybridized carbons (Fsp3) is 0.438. The van der Waals surface area contributed by atoms with Gasteiger partial charge in [0, 0.05) is 5.56 Å². The number of amides is 1. The van der Waals surface area contributed by atoms with Gasteiger partial charge in [-0.05, 0) is 18.9 Å². The minimum Gasteiger partial charge on any atom is -0.493 e. The second-order valence-corrected chi connectivity index (χ2v) is 4.74. The summed E-state index contributed by atoms with van der Waals surface area (Å²) in [4.78, 5) is 12.3. The molecule has 1 aromatic rings. The Bertz CT molecular complexity index is 490. The standard InChI is InChI=1S/C16H19NO2/c1-3-7-12(4-2)17-16(18)14-10-11-19-15-9-6-5-8-13(14)15/h2,5-6,8-9,12,14H,3,7,10-11H2,1H3,(H,17,18). The van der Waals surface area contributed by atoms with E-state index in [0.717, 1.165) is 24.2 Å². The van der Waals surface area contributed by atoms with E-state index in [0.29, 0.717) is 13.0 Å². The molecule has 1 aromatic carbocycles. The van der Waals surface area contributed by atoms with E-state index in [1.165, 1.54) is 0 Å². The monoisotopic (exact) mass is 257 g/mol. The van der Waals surface area contributed by atoms with Crippen molar-refractivity contribution >= 4 is 5.91 Å². The number of ether oxygens (including phenoxy) is 1. The summed E-state index contributed by atoms with van der Waals surface area (Å²) in [5.41, 5.74) is 0.957. The van der Waals surface area contributed by atoms with Gasteiger partial charge in [0.15, 0.2) is 0 Å². The van der Waals surface area contributed by atoms with Crippen LogP contribution in [-0.2, 0) is 4.79 Å². The Labute approximate surface area is 114 Å². The van der Waals surface area contributed by atoms with E-state index in [4.69, 9.17) is 11.2 Å². The number of carbonyl (C=O) groups excluding carboxylic acids is 1. The molecule has 100 valence electrons. The summed E-state index contributed by atoms with van der Waals surface area (Å²) in [5, 5.41) is 2.95. The highest BCUT2D eigenvalue weighted by Gasteiger charge is 2.28. The first-order valence-corrected chi connectivity index (χ1v) is 6.74. The van der Waals surface area contributed by atoms with Crippen LogP contribution in [0.25, 0.3) is 0 Å². The third-order valence-corrected chi connectivity index (χ3v) is 3.37. The zero-order valence-electron chi connectivity index (χ0n) is 11.2. The van der Waals surface area contributed by atoms with Crippen LogP contribution in [0, 0.1) is 12.3 Å². The highest BCUT2D eigenvalue weighted by Crippen LogP contribution is 2.33. The molecule has 2 rings (SSSR count). The number of rotatable bonds is 4. The maximum atomic E-state index is 12.3. The molecule has 0 saturated heterocycles. The maximum absolute atomic E-state index is 12.3. The van der Waals surface area contributed by atoms with E-state index < -0.39 is 0 Å². The largest absolute Gasteiger partial charge is 0.493 e. The summed E-state index contributed by atoms with van der Waals surface area (Å²) in [6.45, 7) is 2.63. The summed E-state index contributed by atoms with van der Waals surface area (Å²) in [5.74, 6) is 3.29. The van der Waals surface area contributed by atoms with Crippen molar-refractivity contribution in [3.63, 3.8) is 0 Å². The molecule has 1 aliphatic rings. The normalized spacial score (nSPS) is 18.6. The van der Waals surface area contributed by atoms with Gasteiger partial charge < -0.3 is 10.1 Å². The number of fused-ring (bicyclic) bond motifs is 1. The Kier molecular flexibility index (Phi) is 4.46. The number of para-hydroxylation sites is 1. The van der Waals surface area contributed by atoms with E-state index in [-0.39, 0.29) is 17.9 Å². The van der Waals surface area contributed by atoms with Crippen LogP contribution < -0.4 is 10.1 Å². The lowest BCUT2D eigenvalue weighted by atomic mass is 9.92. The predicted octanol–water partition coefficient (Wildman–Crippen LogP) is 2.47. The number of terminal acetylenes is 1. The predicted molar refractivity (Wildman–Crippen MR) is 75.0 cm³/mol. The fourth-order valence-corrected chi connectivity index (χ4v) is 2.37. The molecule has 3 nitrogen and oxygen atoms in total. The van der Waals surface area contributed by atoms with Crippen molar-refractivity contribution in [2.45, 2.75) is 38.1 Å². The lowest BCUT2D eigenvalue weighted by Gasteiger charge is -2.26. The number of carbonyl (C=O) groups is 1. The van der Waals surface area contributed by atoms with Gasteiger partial charge in [0.05, 0.1) is 18.6 Å². The second-order valence-electron chi connectivity index (χ2n) is 4.74. The van der Waals surface area contributed by atoms with Crippen LogP contribution in [0.1, 0.15) is 37.7 Å². The molecule has 3 heteroatoms. The lowest BCUT2D eigenvalue weighted by Crippen LogP contribution is -2.38. The van der Waals surface area contributed by atoms with E-state index in [9.17, 15) is 4.79 Å². The van der Waals surface area contributed by atoms with Crippen molar-refractivity contribution in [1.82, 2.24) is 5.32 Å². The molecule has 0 spiro atoms. The Balaban J connectivity index is 2.11. The molecule has 2 atom stereocenters. The third-order valence-electron chi connectivity index (χ3n) is 3.37. The Morgan fingerprint density at radius 3 is 3.11 bits per heavy atom. The van der Waals surface area contributed by atoms with Gasteiger partial charge in [-0.2, -0.15) is 0 Å². The summed E-state index contributed by atoms with van der Waals surface area (Å²) < 4.78 is 5.56. The summed E-state index contributed by atoms with van der Waals surface area (Å²) in [6, 6.07) is 7.52. The van der Waals surface area contributed by atoms with E-state index in [1.807, 2.05) is 24.3 Å². The fourth-order valence-electron chi connectivity index (χ4n) is 2.37. The van der Waals surface area contributed by atoms with Crippen molar-refractivity contribution in [2.24, 2.45) is 0 Å². The Morgan fingerprint density at radius 1 is 1.58 bits per heavy atom. The van der Waals surface area contributed by atoms with Gasteiger partial charge in [0.25, 0.3) is 0 Å². The Hall–Kier alpha value is -1.95. The number of benzene rings is 1. The number of nitrogens with one attached hydrogen (secondary N) is 1. The SMILES string of the molecule is C#CC(CCC)NC(=O)C1CCOc2ccccc21. The third kappa shape index (κ3) is 3.08. The van der Waals surface area contributed by atoms with Crippen LogP contribution in [0.4, 0.5) is 0 Å². The maximum Gasteiger partial charge on any atom is 0.228 e. The first kappa shape index (κ1) is 13.5. The van der Waals surface area contributed by atoms with Crippen LogP contribution in [-0.4, -0.2) is 18.6 Å². The quantitative estimate of drug-likeness (QED) is 0.841. The van der Waals surface area contributed by atoms with Crippen LogP contribution in [0.5, 0.6) is 5.75 Å². The van der Waals surface area contributed by atoms with Gasteiger partial charge in [0.2, 0.25) is 5.91 Å². The van der Waals surface area contributed by atoms with Gasteiger partial charge in [-0.15, -0.1) is 6.42 Å². The van der Waals surface area contributed by atoms with Gasteiger partial charge in [-0.25, -0.2) is 0 Å². The molecule has 0 bridgehead atoms. The van der Waals surface area contributed by atoms with E-state index in [2.05, 4.69) is 18.2 Å². The van der Waals surface area contributed by atoms with Gasteiger partial charge in [0.1, 0.15) is 5.75 Å². The van der Waals surface area contributed by atoms with Crippen molar-refractivity contribution in [3.05, 3.63) is 29.8 Å². The van der Waals surface area contributed by atoms with Crippen molar-refractivity contribution in [3.8, 4) is 18.1 Å². The molecule has 0 aromatic heterocycles. The molecule has 1 amide bonds. The molecule has 0 aliphatic carbocycles. The second kappa shape index (κ2) is 6.29. The molecular weight excluding hydrogens is 238 g/mol. The Morgan fingerprint density at radius 2 is 2.37 bits per heavy atom. The molecule has 0 fully saturated rings. The molecule has 0 radical (unpaired) electrons. The highest BCUT2D eigenvalue weighted by molar-refractivity contribution is 5.85. The van der Waals surface area contributed by atoms with Crippen LogP contribution in [0.3, 0.4) is 0 Å². The minimum atomic E-state index is -0.174. The van der Waals surface area contributed by atoms with Gasteiger partial charge >= 0.3 is 0 Å². The average Bonchev–Trinajstić information content (AvgIpc) is 2.46. The molecule has 1 N–H and O–H groups in total. The lowest BCUT2D eigenvalue weighted by molar-refractivity contribution is -0.123. The van der Waals surface area contributed by atoms with Gasteiger partial charge in [-0.3, -0.25) is 4.79 Å². The summed E-state index contributed by atoms with van der Waals surface area (Å²) in [6.07, 6.45) is 7.91. The zero-order chi connectivity index (χ0) is 13.7. The molecule has 2 unspecified atom stereocenters. The zero-order valence-corrected chi connectivity index (χ0v) is 11.2. The number of hydrogen-bond acceptors (Lipinski definition) is 2. The summed E-state index contributed by atoms with van der Waals surface area (Å²) in [7, 11) is 0. The smallest absolute Gasteiger partial charge is 0.228 e.